The number of anilines is 1. The van der Waals surface area contributed by atoms with Crippen molar-refractivity contribution in [1.29, 1.82) is 0 Å². The van der Waals surface area contributed by atoms with E-state index in [1.807, 2.05) is 13.8 Å². The molecule has 0 saturated heterocycles. The molecule has 0 atom stereocenters. The Hall–Kier alpha value is -1.05. The second-order valence-electron chi connectivity index (χ2n) is 5.98. The highest BCUT2D eigenvalue weighted by Crippen LogP contribution is 2.31. The van der Waals surface area contributed by atoms with Crippen LogP contribution >= 0.6 is 11.6 Å². The third kappa shape index (κ3) is 5.72. The number of allylic oxidation sites excluding steroid dienone is 1. The topological polar surface area (TPSA) is 71.5 Å². The van der Waals surface area contributed by atoms with E-state index in [-0.39, 0.29) is 22.2 Å². The summed E-state index contributed by atoms with van der Waals surface area (Å²) in [5, 5.41) is 0.270. The lowest BCUT2D eigenvalue weighted by Gasteiger charge is -2.24. The van der Waals surface area contributed by atoms with Gasteiger partial charge in [-0.05, 0) is 43.0 Å². The maximum absolute atomic E-state index is 12.7. The van der Waals surface area contributed by atoms with Crippen molar-refractivity contribution in [3.8, 4) is 0 Å². The van der Waals surface area contributed by atoms with E-state index in [9.17, 15) is 16.8 Å². The first-order valence-corrected chi connectivity index (χ1v) is 11.9. The summed E-state index contributed by atoms with van der Waals surface area (Å²) in [7, 11) is -8.02. The van der Waals surface area contributed by atoms with E-state index in [0.29, 0.717) is 40.5 Å². The molecular weight excluding hydrogens is 382 g/mol. The summed E-state index contributed by atoms with van der Waals surface area (Å²) < 4.78 is 51.4. The maximum Gasteiger partial charge on any atom is 0.248 e. The van der Waals surface area contributed by atoms with Gasteiger partial charge in [0.2, 0.25) is 20.0 Å². The second-order valence-corrected chi connectivity index (χ2v) is 10.5. The lowest BCUT2D eigenvalue weighted by molar-refractivity contribution is 0.580. The Morgan fingerprint density at radius 3 is 1.88 bits per heavy atom. The van der Waals surface area contributed by atoms with E-state index in [1.54, 1.807) is 13.0 Å². The molecule has 0 aliphatic heterocycles. The Balaban J connectivity index is 3.47. The summed E-state index contributed by atoms with van der Waals surface area (Å²) in [6, 6.07) is 4.43. The SMILES string of the molecule is C=C(C)c1ccc(N(S(=O)(=O)CCCC)S(=O)(=O)CCCC)cc1Cl. The van der Waals surface area contributed by atoms with Crippen LogP contribution in [0.4, 0.5) is 5.69 Å². The van der Waals surface area contributed by atoms with Gasteiger partial charge >= 0.3 is 0 Å². The molecule has 8 heteroatoms. The largest absolute Gasteiger partial charge is 0.248 e. The standard InChI is InChI=1S/C17H26ClNO4S2/c1-5-7-11-24(20,21)19(25(22,23)12-8-6-2)15-9-10-16(14(3)4)17(18)13-15/h9-10,13H,3,5-8,11-12H2,1-2,4H3. The molecule has 0 aliphatic rings. The van der Waals surface area contributed by atoms with Crippen LogP contribution < -0.4 is 3.71 Å². The number of nitrogens with zero attached hydrogens (tertiary/aromatic N) is 1. The van der Waals surface area contributed by atoms with E-state index in [1.165, 1.54) is 12.1 Å². The molecule has 0 unspecified atom stereocenters. The molecule has 0 aliphatic carbocycles. The van der Waals surface area contributed by atoms with Crippen LogP contribution in [0.15, 0.2) is 24.8 Å². The van der Waals surface area contributed by atoms with Gasteiger partial charge in [-0.1, -0.05) is 50.9 Å². The van der Waals surface area contributed by atoms with Crippen LogP contribution in [0.5, 0.6) is 0 Å². The molecule has 0 aromatic heterocycles. The number of hydrogen-bond acceptors (Lipinski definition) is 4. The van der Waals surface area contributed by atoms with Crippen molar-refractivity contribution < 1.29 is 16.8 Å². The van der Waals surface area contributed by atoms with Crippen molar-refractivity contribution in [1.82, 2.24) is 0 Å². The summed E-state index contributed by atoms with van der Waals surface area (Å²) in [5.74, 6) is -0.455. The average molecular weight is 408 g/mol. The Bertz CT molecular complexity index is 779. The van der Waals surface area contributed by atoms with Gasteiger partial charge in [0.1, 0.15) is 0 Å². The molecule has 0 bridgehead atoms. The van der Waals surface area contributed by atoms with Crippen molar-refractivity contribution in [3.05, 3.63) is 35.4 Å². The zero-order valence-electron chi connectivity index (χ0n) is 15.0. The van der Waals surface area contributed by atoms with E-state index < -0.39 is 20.0 Å². The van der Waals surface area contributed by atoms with Gasteiger partial charge in [0.05, 0.1) is 22.2 Å². The first-order chi connectivity index (χ1) is 11.6. The van der Waals surface area contributed by atoms with Crippen LogP contribution in [0.3, 0.4) is 0 Å². The van der Waals surface area contributed by atoms with Crippen molar-refractivity contribution >= 4 is 42.9 Å². The Kier molecular flexibility index (Phi) is 7.96. The van der Waals surface area contributed by atoms with Gasteiger partial charge in [-0.25, -0.2) is 16.8 Å². The predicted octanol–water partition coefficient (Wildman–Crippen LogP) is 4.44. The number of hydrogen-bond donors (Lipinski definition) is 0. The fourth-order valence-electron chi connectivity index (χ4n) is 2.28. The third-order valence-corrected chi connectivity index (χ3v) is 8.36. The summed E-state index contributed by atoms with van der Waals surface area (Å²) in [6.45, 7) is 9.28. The highest BCUT2D eigenvalue weighted by atomic mass is 35.5. The van der Waals surface area contributed by atoms with Gasteiger partial charge < -0.3 is 0 Å². The maximum atomic E-state index is 12.7. The van der Waals surface area contributed by atoms with Crippen LogP contribution in [-0.4, -0.2) is 28.3 Å². The van der Waals surface area contributed by atoms with E-state index in [4.69, 9.17) is 11.6 Å². The summed E-state index contributed by atoms with van der Waals surface area (Å²) in [4.78, 5) is 0. The van der Waals surface area contributed by atoms with E-state index in [0.717, 1.165) is 0 Å². The monoisotopic (exact) mass is 407 g/mol. The molecule has 1 aromatic rings. The minimum Gasteiger partial charge on any atom is -0.205 e. The molecule has 0 saturated carbocycles. The van der Waals surface area contributed by atoms with Gasteiger partial charge in [-0.3, -0.25) is 0 Å². The molecule has 0 N–H and O–H groups in total. The number of benzene rings is 1. The fraction of sp³-hybridized carbons (Fsp3) is 0.529. The smallest absolute Gasteiger partial charge is 0.205 e. The quantitative estimate of drug-likeness (QED) is 0.574. The molecule has 5 nitrogen and oxygen atoms in total. The van der Waals surface area contributed by atoms with Crippen LogP contribution in [0.2, 0.25) is 5.02 Å². The van der Waals surface area contributed by atoms with Crippen molar-refractivity contribution in [2.75, 3.05) is 15.2 Å². The normalized spacial score (nSPS) is 12.2. The van der Waals surface area contributed by atoms with E-state index >= 15 is 0 Å². The van der Waals surface area contributed by atoms with Crippen LogP contribution in [0.1, 0.15) is 52.0 Å². The molecule has 0 fully saturated rings. The van der Waals surface area contributed by atoms with Gasteiger partial charge in [0.15, 0.2) is 0 Å². The Labute approximate surface area is 156 Å². The molecule has 0 amide bonds. The molecule has 142 valence electrons. The molecular formula is C17H26ClNO4S2. The Morgan fingerprint density at radius 2 is 1.52 bits per heavy atom. The lowest BCUT2D eigenvalue weighted by atomic mass is 10.1. The summed E-state index contributed by atoms with van der Waals surface area (Å²) in [6.07, 6.45) is 2.08. The highest BCUT2D eigenvalue weighted by Gasteiger charge is 2.33. The van der Waals surface area contributed by atoms with Crippen LogP contribution in [-0.2, 0) is 20.0 Å². The molecule has 25 heavy (non-hydrogen) atoms. The van der Waals surface area contributed by atoms with E-state index in [2.05, 4.69) is 6.58 Å². The van der Waals surface area contributed by atoms with Crippen molar-refractivity contribution in [3.63, 3.8) is 0 Å². The predicted molar refractivity (Wildman–Crippen MR) is 106 cm³/mol. The minimum atomic E-state index is -4.01. The fourth-order valence-corrected chi connectivity index (χ4v) is 6.95. The number of rotatable bonds is 10. The van der Waals surface area contributed by atoms with Crippen molar-refractivity contribution in [2.45, 2.75) is 46.5 Å². The molecule has 0 spiro atoms. The third-order valence-electron chi connectivity index (χ3n) is 3.64. The summed E-state index contributed by atoms with van der Waals surface area (Å²) >= 11 is 6.20. The molecule has 0 radical (unpaired) electrons. The first kappa shape index (κ1) is 22.0. The Morgan fingerprint density at radius 1 is 1.04 bits per heavy atom. The van der Waals surface area contributed by atoms with Crippen LogP contribution in [0, 0.1) is 0 Å². The van der Waals surface area contributed by atoms with Gasteiger partial charge in [0, 0.05) is 0 Å². The number of unbranched alkanes of at least 4 members (excludes halogenated alkanes) is 2. The minimum absolute atomic E-state index is 0.0437. The number of halogens is 1. The summed E-state index contributed by atoms with van der Waals surface area (Å²) in [5.41, 5.74) is 1.41. The first-order valence-electron chi connectivity index (χ1n) is 8.28. The highest BCUT2D eigenvalue weighted by molar-refractivity contribution is 8.10. The molecule has 0 heterocycles. The van der Waals surface area contributed by atoms with Gasteiger partial charge in [-0.15, -0.1) is 0 Å². The van der Waals surface area contributed by atoms with Crippen molar-refractivity contribution in [2.24, 2.45) is 0 Å². The molecule has 1 rings (SSSR count). The number of sulfonamides is 2. The zero-order valence-corrected chi connectivity index (χ0v) is 17.3. The van der Waals surface area contributed by atoms with Crippen LogP contribution in [0.25, 0.3) is 5.57 Å². The van der Waals surface area contributed by atoms with Gasteiger partial charge in [-0.2, -0.15) is 3.71 Å². The molecule has 1 aromatic carbocycles. The average Bonchev–Trinajstić information content (AvgIpc) is 2.50. The zero-order chi connectivity index (χ0) is 19.3. The second kappa shape index (κ2) is 9.05. The lowest BCUT2D eigenvalue weighted by Crippen LogP contribution is -2.40. The van der Waals surface area contributed by atoms with Gasteiger partial charge in [0.25, 0.3) is 0 Å².